The molecule has 2 amide bonds. The van der Waals surface area contributed by atoms with Crippen molar-refractivity contribution in [1.29, 1.82) is 0 Å². The highest BCUT2D eigenvalue weighted by atomic mass is 16.2. The van der Waals surface area contributed by atoms with Gasteiger partial charge >= 0.3 is 6.03 Å². The van der Waals surface area contributed by atoms with Crippen LogP contribution in [0.3, 0.4) is 0 Å². The van der Waals surface area contributed by atoms with Crippen LogP contribution in [0, 0.1) is 0 Å². The number of carbonyl (C=O) groups is 1. The second-order valence-corrected chi connectivity index (χ2v) is 8.99. The molecule has 1 unspecified atom stereocenters. The minimum atomic E-state index is -0.0467. The van der Waals surface area contributed by atoms with Gasteiger partial charge in [0.05, 0.1) is 5.69 Å². The van der Waals surface area contributed by atoms with Crippen LogP contribution < -0.4 is 15.1 Å². The van der Waals surface area contributed by atoms with E-state index in [1.807, 2.05) is 43.4 Å². The molecule has 0 saturated carbocycles. The van der Waals surface area contributed by atoms with Gasteiger partial charge in [-0.25, -0.2) is 9.78 Å². The summed E-state index contributed by atoms with van der Waals surface area (Å²) in [5.41, 5.74) is 3.28. The molecule has 1 aliphatic heterocycles. The number of aromatic nitrogens is 1. The van der Waals surface area contributed by atoms with Crippen molar-refractivity contribution < 1.29 is 4.79 Å². The highest BCUT2D eigenvalue weighted by molar-refractivity contribution is 5.89. The molecule has 0 aliphatic carbocycles. The van der Waals surface area contributed by atoms with Crippen molar-refractivity contribution in [2.24, 2.45) is 0 Å². The first-order valence-corrected chi connectivity index (χ1v) is 10.2. The summed E-state index contributed by atoms with van der Waals surface area (Å²) in [5.74, 6) is 0.974. The number of amides is 2. The number of nitrogens with one attached hydrogen (secondary N) is 1. The van der Waals surface area contributed by atoms with Crippen molar-refractivity contribution in [2.75, 3.05) is 48.8 Å². The molecule has 6 heteroatoms. The largest absolute Gasteiger partial charge is 0.375 e. The summed E-state index contributed by atoms with van der Waals surface area (Å²) in [6.45, 7) is 10.8. The Morgan fingerprint density at radius 1 is 1.14 bits per heavy atom. The van der Waals surface area contributed by atoms with Gasteiger partial charge in [0.25, 0.3) is 0 Å². The quantitative estimate of drug-likeness (QED) is 0.847. The van der Waals surface area contributed by atoms with Gasteiger partial charge in [-0.3, -0.25) is 0 Å². The summed E-state index contributed by atoms with van der Waals surface area (Å²) < 4.78 is 0. The molecule has 0 spiro atoms. The Balaban J connectivity index is 1.65. The van der Waals surface area contributed by atoms with Crippen molar-refractivity contribution in [3.63, 3.8) is 0 Å². The summed E-state index contributed by atoms with van der Waals surface area (Å²) in [6, 6.07) is 12.2. The van der Waals surface area contributed by atoms with E-state index in [1.165, 1.54) is 5.56 Å². The predicted octanol–water partition coefficient (Wildman–Crippen LogP) is 4.19. The summed E-state index contributed by atoms with van der Waals surface area (Å²) in [6.07, 6.45) is 1.83. The Bertz CT molecular complexity index is 841. The Morgan fingerprint density at radius 3 is 2.41 bits per heavy atom. The number of hydrogen-bond donors (Lipinski definition) is 1. The van der Waals surface area contributed by atoms with E-state index < -0.39 is 0 Å². The topological polar surface area (TPSA) is 51.7 Å². The molecule has 1 aromatic carbocycles. The van der Waals surface area contributed by atoms with E-state index >= 15 is 0 Å². The van der Waals surface area contributed by atoms with E-state index in [-0.39, 0.29) is 17.5 Å². The number of urea groups is 1. The van der Waals surface area contributed by atoms with Crippen LogP contribution in [0.4, 0.5) is 22.0 Å². The van der Waals surface area contributed by atoms with Crippen molar-refractivity contribution >= 4 is 23.2 Å². The molecule has 1 atom stereocenters. The molecule has 1 aromatic heterocycles. The first-order chi connectivity index (χ1) is 13.7. The molecule has 1 N–H and O–H groups in total. The molecule has 6 nitrogen and oxygen atoms in total. The van der Waals surface area contributed by atoms with Crippen molar-refractivity contribution in [2.45, 2.75) is 39.2 Å². The van der Waals surface area contributed by atoms with Gasteiger partial charge in [-0.1, -0.05) is 32.9 Å². The lowest BCUT2D eigenvalue weighted by Gasteiger charge is -2.41. The number of carbonyl (C=O) groups excluding carboxylic acids is 1. The second-order valence-electron chi connectivity index (χ2n) is 8.99. The normalized spacial score (nSPS) is 17.2. The van der Waals surface area contributed by atoms with Gasteiger partial charge in [0.2, 0.25) is 0 Å². The maximum absolute atomic E-state index is 12.9. The highest BCUT2D eigenvalue weighted by Gasteiger charge is 2.29. The Labute approximate surface area is 174 Å². The van der Waals surface area contributed by atoms with E-state index in [2.05, 4.69) is 66.0 Å². The zero-order chi connectivity index (χ0) is 21.2. The van der Waals surface area contributed by atoms with Gasteiger partial charge in [-0.2, -0.15) is 0 Å². The highest BCUT2D eigenvalue weighted by Crippen LogP contribution is 2.28. The van der Waals surface area contributed by atoms with Gasteiger partial charge < -0.3 is 20.0 Å². The smallest absolute Gasteiger partial charge is 0.322 e. The van der Waals surface area contributed by atoms with E-state index in [9.17, 15) is 4.79 Å². The Hall–Kier alpha value is -2.76. The van der Waals surface area contributed by atoms with Gasteiger partial charge in [0.1, 0.15) is 0 Å². The van der Waals surface area contributed by atoms with Crippen LogP contribution in [0.25, 0.3) is 0 Å². The third-order valence-electron chi connectivity index (χ3n) is 5.44. The molecule has 2 heterocycles. The average molecular weight is 396 g/mol. The fourth-order valence-electron chi connectivity index (χ4n) is 3.68. The summed E-state index contributed by atoms with van der Waals surface area (Å²) in [4.78, 5) is 23.7. The summed E-state index contributed by atoms with van der Waals surface area (Å²) >= 11 is 0. The molecule has 156 valence electrons. The fourth-order valence-corrected chi connectivity index (χ4v) is 3.68. The molecule has 0 radical (unpaired) electrons. The lowest BCUT2D eigenvalue weighted by atomic mass is 9.87. The van der Waals surface area contributed by atoms with Crippen LogP contribution in [0.1, 0.15) is 33.3 Å². The van der Waals surface area contributed by atoms with Crippen molar-refractivity contribution in [1.82, 2.24) is 9.88 Å². The SMILES string of the molecule is CC1CN(c2ncccc2N(C)C)CCN1C(=O)Nc1ccc(C(C)(C)C)cc1. The standard InChI is InChI=1S/C23H33N5O/c1-17-16-27(21-20(26(5)6)8-7-13-24-21)14-15-28(17)22(29)25-19-11-9-18(10-12-19)23(2,3)4/h7-13,17H,14-16H2,1-6H3,(H,25,29). The number of piperazine rings is 1. The summed E-state index contributed by atoms with van der Waals surface area (Å²) in [7, 11) is 4.05. The zero-order valence-corrected chi connectivity index (χ0v) is 18.4. The minimum Gasteiger partial charge on any atom is -0.375 e. The second kappa shape index (κ2) is 8.31. The third-order valence-corrected chi connectivity index (χ3v) is 5.44. The molecular weight excluding hydrogens is 362 g/mol. The van der Waals surface area contributed by atoms with Crippen LogP contribution in [0.15, 0.2) is 42.6 Å². The van der Waals surface area contributed by atoms with E-state index in [0.29, 0.717) is 6.54 Å². The third kappa shape index (κ3) is 4.81. The van der Waals surface area contributed by atoms with Gasteiger partial charge in [0, 0.05) is 51.7 Å². The lowest BCUT2D eigenvalue weighted by Crippen LogP contribution is -2.55. The molecule has 1 fully saturated rings. The van der Waals surface area contributed by atoms with Crippen LogP contribution in [0.5, 0.6) is 0 Å². The first-order valence-electron chi connectivity index (χ1n) is 10.2. The van der Waals surface area contributed by atoms with E-state index in [0.717, 1.165) is 30.3 Å². The Kier molecular flexibility index (Phi) is 6.01. The monoisotopic (exact) mass is 395 g/mol. The van der Waals surface area contributed by atoms with Crippen LogP contribution >= 0.6 is 0 Å². The molecule has 0 bridgehead atoms. The minimum absolute atomic E-state index is 0.0467. The van der Waals surface area contributed by atoms with E-state index in [4.69, 9.17) is 0 Å². The van der Waals surface area contributed by atoms with Gasteiger partial charge in [-0.05, 0) is 42.2 Å². The number of benzene rings is 1. The first kappa shape index (κ1) is 21.0. The van der Waals surface area contributed by atoms with Crippen LogP contribution in [-0.2, 0) is 5.41 Å². The predicted molar refractivity (Wildman–Crippen MR) is 121 cm³/mol. The van der Waals surface area contributed by atoms with Crippen LogP contribution in [-0.4, -0.2) is 55.7 Å². The number of anilines is 3. The lowest BCUT2D eigenvalue weighted by molar-refractivity contribution is 0.184. The average Bonchev–Trinajstić information content (AvgIpc) is 2.67. The van der Waals surface area contributed by atoms with Crippen molar-refractivity contribution in [3.05, 3.63) is 48.2 Å². The maximum Gasteiger partial charge on any atom is 0.322 e. The number of rotatable bonds is 3. The van der Waals surface area contributed by atoms with Gasteiger partial charge in [-0.15, -0.1) is 0 Å². The molecular formula is C23H33N5O. The Morgan fingerprint density at radius 2 is 1.83 bits per heavy atom. The molecule has 2 aromatic rings. The van der Waals surface area contributed by atoms with Crippen LogP contribution in [0.2, 0.25) is 0 Å². The maximum atomic E-state index is 12.9. The zero-order valence-electron chi connectivity index (χ0n) is 18.4. The van der Waals surface area contributed by atoms with Gasteiger partial charge in [0.15, 0.2) is 5.82 Å². The molecule has 29 heavy (non-hydrogen) atoms. The van der Waals surface area contributed by atoms with Crippen molar-refractivity contribution in [3.8, 4) is 0 Å². The number of nitrogens with zero attached hydrogens (tertiary/aromatic N) is 4. The number of hydrogen-bond acceptors (Lipinski definition) is 4. The van der Waals surface area contributed by atoms with E-state index in [1.54, 1.807) is 0 Å². The number of pyridine rings is 1. The molecule has 1 saturated heterocycles. The summed E-state index contributed by atoms with van der Waals surface area (Å²) in [5, 5.41) is 3.05. The molecule has 3 rings (SSSR count). The molecule has 1 aliphatic rings. The fraction of sp³-hybridized carbons (Fsp3) is 0.478.